The van der Waals surface area contributed by atoms with Gasteiger partial charge >= 0.3 is 0 Å². The van der Waals surface area contributed by atoms with Crippen molar-refractivity contribution in [3.8, 4) is 28.0 Å². The van der Waals surface area contributed by atoms with Crippen molar-refractivity contribution in [1.82, 2.24) is 0 Å². The van der Waals surface area contributed by atoms with Crippen LogP contribution in [-0.4, -0.2) is 19.8 Å². The smallest absolute Gasteiger partial charge is 0.201 e. The largest absolute Gasteiger partial charge is 0.486 e. The molecule has 0 N–H and O–H groups in total. The van der Waals surface area contributed by atoms with E-state index in [9.17, 15) is 17.6 Å². The van der Waals surface area contributed by atoms with E-state index in [2.05, 4.69) is 0 Å². The number of hydrogen-bond acceptors (Lipinski definition) is 3. The first-order valence-electron chi connectivity index (χ1n) is 10.9. The van der Waals surface area contributed by atoms with Crippen LogP contribution in [0.4, 0.5) is 17.6 Å². The molecular formula is C27H24F4O3. The number of benzene rings is 3. The SMILES string of the molecule is C/C=C/COc1ccc(-c2ccc(-c3ccc(C4OCC(C)CO4)c(F)c3F)cc2)c(F)c1F. The standard InChI is InChI=1S/C27H24F4O3/c1-3-4-13-32-22-12-11-20(24(29)26(22)31)18-7-5-17(6-8-18)19-9-10-21(25(30)23(19)28)27-33-14-16(2)15-34-27/h3-12,16,27H,13-15H2,1-2H3/b4-3+. The first-order chi connectivity index (χ1) is 16.4. The molecule has 0 aliphatic carbocycles. The quantitative estimate of drug-likeness (QED) is 0.280. The molecule has 0 spiro atoms. The summed E-state index contributed by atoms with van der Waals surface area (Å²) >= 11 is 0. The zero-order valence-corrected chi connectivity index (χ0v) is 18.8. The van der Waals surface area contributed by atoms with E-state index in [-0.39, 0.29) is 35.0 Å². The molecular weight excluding hydrogens is 448 g/mol. The third kappa shape index (κ3) is 4.86. The second-order valence-electron chi connectivity index (χ2n) is 8.13. The van der Waals surface area contributed by atoms with Gasteiger partial charge in [-0.05, 0) is 30.2 Å². The first kappa shape index (κ1) is 24.0. The molecule has 1 fully saturated rings. The molecule has 3 nitrogen and oxygen atoms in total. The maximum absolute atomic E-state index is 14.9. The van der Waals surface area contributed by atoms with Crippen LogP contribution in [0.2, 0.25) is 0 Å². The Labute approximate surface area is 195 Å². The average molecular weight is 472 g/mol. The second-order valence-corrected chi connectivity index (χ2v) is 8.13. The minimum Gasteiger partial charge on any atom is -0.486 e. The molecule has 34 heavy (non-hydrogen) atoms. The van der Waals surface area contributed by atoms with E-state index >= 15 is 0 Å². The van der Waals surface area contributed by atoms with Crippen molar-refractivity contribution in [2.45, 2.75) is 20.1 Å². The molecule has 0 bridgehead atoms. The van der Waals surface area contributed by atoms with Crippen LogP contribution in [0.15, 0.2) is 60.7 Å². The third-order valence-electron chi connectivity index (χ3n) is 5.55. The average Bonchev–Trinajstić information content (AvgIpc) is 2.85. The summed E-state index contributed by atoms with van der Waals surface area (Å²) in [5.74, 6) is -4.21. The van der Waals surface area contributed by atoms with Crippen molar-refractivity contribution in [3.63, 3.8) is 0 Å². The minimum absolute atomic E-state index is 0.000877. The Morgan fingerprint density at radius 3 is 1.94 bits per heavy atom. The number of rotatable bonds is 6. The Morgan fingerprint density at radius 2 is 1.35 bits per heavy atom. The lowest BCUT2D eigenvalue weighted by atomic mass is 9.98. The summed E-state index contributed by atoms with van der Waals surface area (Å²) in [6, 6.07) is 11.7. The molecule has 3 aromatic carbocycles. The molecule has 1 heterocycles. The van der Waals surface area contributed by atoms with E-state index in [0.717, 1.165) is 0 Å². The summed E-state index contributed by atoms with van der Waals surface area (Å²) < 4.78 is 74.8. The molecule has 0 radical (unpaired) electrons. The van der Waals surface area contributed by atoms with Gasteiger partial charge in [0.25, 0.3) is 0 Å². The molecule has 3 aromatic rings. The predicted octanol–water partition coefficient (Wildman–Crippen LogP) is 7.21. The summed E-state index contributed by atoms with van der Waals surface area (Å²) in [7, 11) is 0. The van der Waals surface area contributed by atoms with E-state index in [1.165, 1.54) is 48.5 Å². The monoisotopic (exact) mass is 472 g/mol. The van der Waals surface area contributed by atoms with E-state index in [0.29, 0.717) is 24.3 Å². The number of ether oxygens (including phenoxy) is 3. The van der Waals surface area contributed by atoms with Crippen LogP contribution in [-0.2, 0) is 9.47 Å². The summed E-state index contributed by atoms with van der Waals surface area (Å²) in [6.45, 7) is 4.65. The van der Waals surface area contributed by atoms with Gasteiger partial charge in [0.2, 0.25) is 5.82 Å². The zero-order chi connectivity index (χ0) is 24.2. The summed E-state index contributed by atoms with van der Waals surface area (Å²) in [5, 5.41) is 0. The Bertz CT molecular complexity index is 1180. The van der Waals surface area contributed by atoms with Crippen LogP contribution >= 0.6 is 0 Å². The molecule has 1 aliphatic rings. The van der Waals surface area contributed by atoms with E-state index in [4.69, 9.17) is 14.2 Å². The number of hydrogen-bond donors (Lipinski definition) is 0. The fourth-order valence-electron chi connectivity index (χ4n) is 3.68. The summed E-state index contributed by atoms with van der Waals surface area (Å²) in [5.41, 5.74) is 0.842. The van der Waals surface area contributed by atoms with Crippen LogP contribution in [0.3, 0.4) is 0 Å². The van der Waals surface area contributed by atoms with Crippen LogP contribution < -0.4 is 4.74 Å². The highest BCUT2D eigenvalue weighted by atomic mass is 19.2. The predicted molar refractivity (Wildman–Crippen MR) is 121 cm³/mol. The summed E-state index contributed by atoms with van der Waals surface area (Å²) in [4.78, 5) is 0. The Balaban J connectivity index is 1.57. The molecule has 1 aliphatic heterocycles. The van der Waals surface area contributed by atoms with Gasteiger partial charge in [-0.25, -0.2) is 13.2 Å². The molecule has 4 rings (SSSR count). The topological polar surface area (TPSA) is 27.7 Å². The van der Waals surface area contributed by atoms with Crippen molar-refractivity contribution in [2.24, 2.45) is 5.92 Å². The van der Waals surface area contributed by atoms with Crippen molar-refractivity contribution >= 4 is 0 Å². The van der Waals surface area contributed by atoms with Gasteiger partial charge in [0.1, 0.15) is 6.61 Å². The molecule has 0 atom stereocenters. The van der Waals surface area contributed by atoms with Crippen LogP contribution in [0.5, 0.6) is 5.75 Å². The Kier molecular flexibility index (Phi) is 7.34. The highest BCUT2D eigenvalue weighted by Gasteiger charge is 2.26. The fraction of sp³-hybridized carbons (Fsp3) is 0.259. The molecule has 0 amide bonds. The summed E-state index contributed by atoms with van der Waals surface area (Å²) in [6.07, 6.45) is 2.46. The molecule has 0 aromatic heterocycles. The maximum Gasteiger partial charge on any atom is 0.201 e. The molecule has 1 saturated heterocycles. The number of allylic oxidation sites excluding steroid dienone is 1. The Morgan fingerprint density at radius 1 is 0.794 bits per heavy atom. The van der Waals surface area contributed by atoms with Crippen LogP contribution in [0.25, 0.3) is 22.3 Å². The normalized spacial score (nSPS) is 18.4. The zero-order valence-electron chi connectivity index (χ0n) is 18.8. The molecule has 7 heteroatoms. The van der Waals surface area contributed by atoms with Gasteiger partial charge in [-0.3, -0.25) is 0 Å². The highest BCUT2D eigenvalue weighted by molar-refractivity contribution is 5.71. The lowest BCUT2D eigenvalue weighted by molar-refractivity contribution is -0.203. The van der Waals surface area contributed by atoms with Gasteiger partial charge in [-0.1, -0.05) is 55.5 Å². The Hall–Kier alpha value is -3.16. The number of halogens is 4. The minimum atomic E-state index is -1.09. The van der Waals surface area contributed by atoms with E-state index in [1.807, 2.05) is 6.92 Å². The molecule has 0 unspecified atom stereocenters. The van der Waals surface area contributed by atoms with Crippen molar-refractivity contribution in [2.75, 3.05) is 19.8 Å². The van der Waals surface area contributed by atoms with Crippen molar-refractivity contribution in [1.29, 1.82) is 0 Å². The second kappa shape index (κ2) is 10.4. The van der Waals surface area contributed by atoms with Gasteiger partial charge < -0.3 is 14.2 Å². The lowest BCUT2D eigenvalue weighted by Gasteiger charge is -2.28. The molecule has 178 valence electrons. The fourth-order valence-corrected chi connectivity index (χ4v) is 3.68. The van der Waals surface area contributed by atoms with E-state index < -0.39 is 29.6 Å². The maximum atomic E-state index is 14.9. The van der Waals surface area contributed by atoms with Gasteiger partial charge in [-0.2, -0.15) is 4.39 Å². The lowest BCUT2D eigenvalue weighted by Crippen LogP contribution is -2.25. The highest BCUT2D eigenvalue weighted by Crippen LogP contribution is 2.35. The molecule has 0 saturated carbocycles. The van der Waals surface area contributed by atoms with Crippen LogP contribution in [0.1, 0.15) is 25.7 Å². The van der Waals surface area contributed by atoms with Crippen molar-refractivity contribution < 1.29 is 31.8 Å². The first-order valence-corrected chi connectivity index (χ1v) is 10.9. The van der Waals surface area contributed by atoms with Crippen LogP contribution in [0, 0.1) is 29.2 Å². The van der Waals surface area contributed by atoms with E-state index in [1.54, 1.807) is 19.1 Å². The van der Waals surface area contributed by atoms with Gasteiger partial charge in [-0.15, -0.1) is 0 Å². The van der Waals surface area contributed by atoms with Crippen molar-refractivity contribution in [3.05, 3.63) is 89.5 Å². The third-order valence-corrected chi connectivity index (χ3v) is 5.55. The van der Waals surface area contributed by atoms with Gasteiger partial charge in [0.15, 0.2) is 29.5 Å². The van der Waals surface area contributed by atoms with Gasteiger partial charge in [0, 0.05) is 22.6 Å². The van der Waals surface area contributed by atoms with Gasteiger partial charge in [0.05, 0.1) is 13.2 Å².